The van der Waals surface area contributed by atoms with Crippen LogP contribution in [0.15, 0.2) is 24.5 Å². The molecule has 0 amide bonds. The van der Waals surface area contributed by atoms with Gasteiger partial charge in [-0.05, 0) is 32.0 Å². The summed E-state index contributed by atoms with van der Waals surface area (Å²) in [5.74, 6) is 0.755. The maximum atomic E-state index is 12.5. The Bertz CT molecular complexity index is 622. The zero-order valence-electron chi connectivity index (χ0n) is 11.6. The normalized spacial score (nSPS) is 11.9. The Morgan fingerprint density at radius 2 is 2.05 bits per heavy atom. The molecule has 2 N–H and O–H groups in total. The van der Waals surface area contributed by atoms with Crippen molar-refractivity contribution >= 4 is 5.69 Å². The van der Waals surface area contributed by atoms with Crippen molar-refractivity contribution in [2.75, 3.05) is 5.73 Å². The van der Waals surface area contributed by atoms with Crippen molar-refractivity contribution in [3.63, 3.8) is 0 Å². The smallest absolute Gasteiger partial charge is 0.416 e. The van der Waals surface area contributed by atoms with Crippen LogP contribution < -0.4 is 10.5 Å². The van der Waals surface area contributed by atoms with Gasteiger partial charge in [-0.25, -0.2) is 9.67 Å². The highest BCUT2D eigenvalue weighted by molar-refractivity contribution is 5.54. The summed E-state index contributed by atoms with van der Waals surface area (Å²) < 4.78 is 44.7. The minimum atomic E-state index is -4.43. The number of benzene rings is 1. The van der Waals surface area contributed by atoms with E-state index in [9.17, 15) is 13.2 Å². The molecule has 0 bridgehead atoms. The van der Waals surface area contributed by atoms with E-state index in [-0.39, 0.29) is 24.1 Å². The Morgan fingerprint density at radius 3 is 2.62 bits per heavy atom. The van der Waals surface area contributed by atoms with Gasteiger partial charge in [-0.1, -0.05) is 0 Å². The second-order valence-corrected chi connectivity index (χ2v) is 4.75. The molecular weight excluding hydrogens is 285 g/mol. The van der Waals surface area contributed by atoms with E-state index in [0.717, 1.165) is 12.1 Å². The number of anilines is 1. The second-order valence-electron chi connectivity index (χ2n) is 4.75. The molecule has 21 heavy (non-hydrogen) atoms. The number of nitrogen functional groups attached to an aromatic ring is 1. The Morgan fingerprint density at radius 1 is 1.33 bits per heavy atom. The first-order valence-corrected chi connectivity index (χ1v) is 6.27. The number of aromatic nitrogens is 3. The summed E-state index contributed by atoms with van der Waals surface area (Å²) in [6, 6.07) is 3.09. The second kappa shape index (κ2) is 5.63. The molecule has 0 aliphatic carbocycles. The molecule has 0 saturated heterocycles. The standard InChI is InChI=1S/C13H15F3N4O/c1-8(2)20-12(18-7-19-20)6-21-11-4-3-9(5-10(11)17)13(14,15)16/h3-5,7-8H,6,17H2,1-2H3. The minimum absolute atomic E-state index is 0.0690. The summed E-state index contributed by atoms with van der Waals surface area (Å²) in [6.07, 6.45) is -3.03. The largest absolute Gasteiger partial charge is 0.483 e. The Balaban J connectivity index is 2.12. The number of halogens is 3. The molecule has 2 aromatic rings. The highest BCUT2D eigenvalue weighted by atomic mass is 19.4. The van der Waals surface area contributed by atoms with Gasteiger partial charge in [0.05, 0.1) is 11.3 Å². The summed E-state index contributed by atoms with van der Waals surface area (Å²) in [4.78, 5) is 4.05. The van der Waals surface area contributed by atoms with Crippen molar-refractivity contribution in [3.8, 4) is 5.75 Å². The van der Waals surface area contributed by atoms with Gasteiger partial charge in [0.1, 0.15) is 18.7 Å². The molecule has 2 rings (SSSR count). The Hall–Kier alpha value is -2.25. The lowest BCUT2D eigenvalue weighted by atomic mass is 10.2. The summed E-state index contributed by atoms with van der Waals surface area (Å²) in [6.45, 7) is 3.95. The van der Waals surface area contributed by atoms with E-state index in [2.05, 4.69) is 10.1 Å². The van der Waals surface area contributed by atoms with Gasteiger partial charge in [0.2, 0.25) is 0 Å². The minimum Gasteiger partial charge on any atom is -0.483 e. The van der Waals surface area contributed by atoms with Gasteiger partial charge in [0.25, 0.3) is 0 Å². The first-order valence-electron chi connectivity index (χ1n) is 6.27. The number of hydrogen-bond donors (Lipinski definition) is 1. The third-order valence-electron chi connectivity index (χ3n) is 2.83. The molecule has 1 heterocycles. The van der Waals surface area contributed by atoms with Gasteiger partial charge in [0.15, 0.2) is 5.82 Å². The molecule has 0 radical (unpaired) electrons. The topological polar surface area (TPSA) is 66.0 Å². The highest BCUT2D eigenvalue weighted by Crippen LogP contribution is 2.33. The van der Waals surface area contributed by atoms with Crippen LogP contribution in [0.4, 0.5) is 18.9 Å². The molecule has 0 aliphatic rings. The van der Waals surface area contributed by atoms with Crippen LogP contribution in [-0.4, -0.2) is 14.8 Å². The molecule has 1 aromatic heterocycles. The molecule has 0 atom stereocenters. The highest BCUT2D eigenvalue weighted by Gasteiger charge is 2.30. The maximum Gasteiger partial charge on any atom is 0.416 e. The summed E-state index contributed by atoms with van der Waals surface area (Å²) in [7, 11) is 0. The van der Waals surface area contributed by atoms with Crippen LogP contribution in [0.3, 0.4) is 0 Å². The van der Waals surface area contributed by atoms with Crippen molar-refractivity contribution in [3.05, 3.63) is 35.9 Å². The van der Waals surface area contributed by atoms with Crippen LogP contribution in [0.25, 0.3) is 0 Å². The SMILES string of the molecule is CC(C)n1ncnc1COc1ccc(C(F)(F)F)cc1N. The lowest BCUT2D eigenvalue weighted by molar-refractivity contribution is -0.137. The molecule has 0 spiro atoms. The summed E-state index contributed by atoms with van der Waals surface area (Å²) >= 11 is 0. The summed E-state index contributed by atoms with van der Waals surface area (Å²) in [5.41, 5.74) is 4.71. The lowest BCUT2D eigenvalue weighted by Gasteiger charge is -2.13. The maximum absolute atomic E-state index is 12.5. The van der Waals surface area contributed by atoms with E-state index < -0.39 is 11.7 Å². The monoisotopic (exact) mass is 300 g/mol. The van der Waals surface area contributed by atoms with Gasteiger partial charge >= 0.3 is 6.18 Å². The van der Waals surface area contributed by atoms with E-state index in [0.29, 0.717) is 5.82 Å². The fourth-order valence-electron chi connectivity index (χ4n) is 1.81. The van der Waals surface area contributed by atoms with Crippen molar-refractivity contribution in [2.45, 2.75) is 32.7 Å². The first kappa shape index (κ1) is 15.1. The molecule has 5 nitrogen and oxygen atoms in total. The summed E-state index contributed by atoms with van der Waals surface area (Å²) in [5, 5.41) is 4.04. The lowest BCUT2D eigenvalue weighted by Crippen LogP contribution is -2.11. The van der Waals surface area contributed by atoms with E-state index >= 15 is 0 Å². The average Bonchev–Trinajstić information content (AvgIpc) is 2.84. The molecule has 8 heteroatoms. The Labute approximate surface area is 119 Å². The predicted molar refractivity (Wildman–Crippen MR) is 70.6 cm³/mol. The molecule has 0 unspecified atom stereocenters. The fraction of sp³-hybridized carbons (Fsp3) is 0.385. The fourth-order valence-corrected chi connectivity index (χ4v) is 1.81. The molecule has 114 valence electrons. The molecular formula is C13H15F3N4O. The number of hydrogen-bond acceptors (Lipinski definition) is 4. The first-order chi connectivity index (χ1) is 9.79. The van der Waals surface area contributed by atoms with Crippen molar-refractivity contribution in [1.82, 2.24) is 14.8 Å². The predicted octanol–water partition coefficient (Wildman–Crippen LogP) is 3.04. The zero-order valence-corrected chi connectivity index (χ0v) is 11.6. The quantitative estimate of drug-likeness (QED) is 0.881. The molecule has 0 saturated carbocycles. The van der Waals surface area contributed by atoms with Crippen LogP contribution in [0.5, 0.6) is 5.75 Å². The molecule has 1 aromatic carbocycles. The van der Waals surface area contributed by atoms with Crippen LogP contribution in [0, 0.1) is 0 Å². The van der Waals surface area contributed by atoms with Gasteiger partial charge in [-0.15, -0.1) is 0 Å². The average molecular weight is 300 g/mol. The van der Waals surface area contributed by atoms with Crippen LogP contribution >= 0.6 is 0 Å². The van der Waals surface area contributed by atoms with Crippen LogP contribution in [0.1, 0.15) is 31.3 Å². The van der Waals surface area contributed by atoms with Gasteiger partial charge in [-0.2, -0.15) is 18.3 Å². The molecule has 0 aliphatic heterocycles. The van der Waals surface area contributed by atoms with E-state index in [1.807, 2.05) is 13.8 Å². The number of ether oxygens (including phenoxy) is 1. The molecule has 0 fully saturated rings. The number of nitrogens with zero attached hydrogens (tertiary/aromatic N) is 3. The Kier molecular flexibility index (Phi) is 4.06. The van der Waals surface area contributed by atoms with Gasteiger partial charge in [0, 0.05) is 6.04 Å². The third-order valence-corrected chi connectivity index (χ3v) is 2.83. The van der Waals surface area contributed by atoms with Crippen LogP contribution in [-0.2, 0) is 12.8 Å². The zero-order chi connectivity index (χ0) is 15.6. The van der Waals surface area contributed by atoms with Crippen molar-refractivity contribution in [2.24, 2.45) is 0 Å². The van der Waals surface area contributed by atoms with E-state index in [1.165, 1.54) is 12.4 Å². The number of nitrogens with two attached hydrogens (primary N) is 1. The van der Waals surface area contributed by atoms with Crippen LogP contribution in [0.2, 0.25) is 0 Å². The number of alkyl halides is 3. The number of rotatable bonds is 4. The van der Waals surface area contributed by atoms with Crippen molar-refractivity contribution in [1.29, 1.82) is 0 Å². The third kappa shape index (κ3) is 3.45. The van der Waals surface area contributed by atoms with E-state index in [1.54, 1.807) is 4.68 Å². The van der Waals surface area contributed by atoms with Gasteiger partial charge < -0.3 is 10.5 Å². The van der Waals surface area contributed by atoms with Crippen molar-refractivity contribution < 1.29 is 17.9 Å². The van der Waals surface area contributed by atoms with Gasteiger partial charge in [-0.3, -0.25) is 0 Å². The van der Waals surface area contributed by atoms with E-state index in [4.69, 9.17) is 10.5 Å².